The first kappa shape index (κ1) is 11.4. The number of aliphatic hydroxyl groups excluding tert-OH is 1. The van der Waals surface area contributed by atoms with Crippen LogP contribution in [0.4, 0.5) is 0 Å². The largest absolute Gasteiger partial charge is 0.395 e. The molecular formula is C8H18N2O2. The van der Waals surface area contributed by atoms with Crippen LogP contribution in [0.25, 0.3) is 0 Å². The highest BCUT2D eigenvalue weighted by molar-refractivity contribution is 5.85. The molecule has 0 rings (SSSR count). The molecule has 0 aromatic carbocycles. The van der Waals surface area contributed by atoms with E-state index >= 15 is 0 Å². The molecule has 1 amide bonds. The second kappa shape index (κ2) is 4.42. The fraction of sp³-hybridized carbons (Fsp3) is 0.875. The van der Waals surface area contributed by atoms with E-state index in [1.54, 1.807) is 14.0 Å². The second-order valence-electron chi connectivity index (χ2n) is 3.22. The molecule has 0 bridgehead atoms. The van der Waals surface area contributed by atoms with Crippen LogP contribution in [0.15, 0.2) is 0 Å². The van der Waals surface area contributed by atoms with Crippen molar-refractivity contribution < 1.29 is 9.90 Å². The van der Waals surface area contributed by atoms with Gasteiger partial charge in [0, 0.05) is 13.6 Å². The Balaban J connectivity index is 4.18. The van der Waals surface area contributed by atoms with Crippen molar-refractivity contribution in [2.45, 2.75) is 25.8 Å². The number of carbonyl (C=O) groups is 1. The molecule has 0 heterocycles. The molecule has 72 valence electrons. The zero-order valence-electron chi connectivity index (χ0n) is 8.00. The van der Waals surface area contributed by atoms with Gasteiger partial charge in [-0.25, -0.2) is 0 Å². The maximum atomic E-state index is 11.5. The van der Waals surface area contributed by atoms with E-state index in [0.29, 0.717) is 13.0 Å². The number of amides is 1. The lowest BCUT2D eigenvalue weighted by atomic mass is 9.99. The van der Waals surface area contributed by atoms with Gasteiger partial charge >= 0.3 is 0 Å². The number of hydrogen-bond acceptors (Lipinski definition) is 3. The number of rotatable bonds is 4. The number of carbonyl (C=O) groups excluding carboxylic acids is 1. The third-order valence-electron chi connectivity index (χ3n) is 2.01. The predicted octanol–water partition coefficient (Wildman–Crippen LogP) is -0.435. The van der Waals surface area contributed by atoms with Crippen molar-refractivity contribution in [2.24, 2.45) is 5.73 Å². The average molecular weight is 174 g/mol. The smallest absolute Gasteiger partial charge is 0.242 e. The van der Waals surface area contributed by atoms with Gasteiger partial charge in [-0.2, -0.15) is 0 Å². The number of likely N-dealkylation sites (N-methyl/N-ethyl adjacent to an activating group) is 1. The van der Waals surface area contributed by atoms with Crippen molar-refractivity contribution in [3.05, 3.63) is 0 Å². The highest BCUT2D eigenvalue weighted by Crippen LogP contribution is 2.07. The molecule has 0 aromatic heterocycles. The molecule has 4 nitrogen and oxygen atoms in total. The Morgan fingerprint density at radius 1 is 1.67 bits per heavy atom. The molecule has 0 aliphatic heterocycles. The number of nitrogens with zero attached hydrogens (tertiary/aromatic N) is 1. The van der Waals surface area contributed by atoms with Gasteiger partial charge in [0.1, 0.15) is 0 Å². The van der Waals surface area contributed by atoms with E-state index in [9.17, 15) is 4.79 Å². The van der Waals surface area contributed by atoms with Gasteiger partial charge in [-0.1, -0.05) is 6.92 Å². The van der Waals surface area contributed by atoms with Gasteiger partial charge in [0.15, 0.2) is 0 Å². The Labute approximate surface area is 73.3 Å². The molecule has 0 saturated heterocycles. The fourth-order valence-corrected chi connectivity index (χ4v) is 0.839. The van der Waals surface area contributed by atoms with Crippen LogP contribution in [-0.2, 0) is 4.79 Å². The molecule has 0 aliphatic rings. The Morgan fingerprint density at radius 3 is 2.50 bits per heavy atom. The molecule has 0 radical (unpaired) electrons. The van der Waals surface area contributed by atoms with Crippen LogP contribution in [0.1, 0.15) is 20.3 Å². The van der Waals surface area contributed by atoms with Crippen molar-refractivity contribution >= 4 is 5.91 Å². The molecule has 1 atom stereocenters. The minimum absolute atomic E-state index is 0.0258. The van der Waals surface area contributed by atoms with Crippen LogP contribution in [0.5, 0.6) is 0 Å². The summed E-state index contributed by atoms with van der Waals surface area (Å²) in [5.41, 5.74) is 4.92. The Morgan fingerprint density at radius 2 is 2.17 bits per heavy atom. The van der Waals surface area contributed by atoms with E-state index in [2.05, 4.69) is 0 Å². The summed E-state index contributed by atoms with van der Waals surface area (Å²) in [7, 11) is 1.64. The third kappa shape index (κ3) is 2.79. The van der Waals surface area contributed by atoms with Gasteiger partial charge < -0.3 is 15.7 Å². The Hall–Kier alpha value is -0.610. The third-order valence-corrected chi connectivity index (χ3v) is 2.01. The quantitative estimate of drug-likeness (QED) is 0.607. The first-order chi connectivity index (χ1) is 5.45. The van der Waals surface area contributed by atoms with Gasteiger partial charge in [0.25, 0.3) is 0 Å². The normalized spacial score (nSPS) is 15.4. The molecule has 0 saturated carbocycles. The van der Waals surface area contributed by atoms with Gasteiger partial charge in [-0.3, -0.25) is 4.79 Å². The monoisotopic (exact) mass is 174 g/mol. The molecule has 4 heteroatoms. The average Bonchev–Trinajstić information content (AvgIpc) is 2.03. The second-order valence-corrected chi connectivity index (χ2v) is 3.22. The standard InChI is InChI=1S/C8H18N2O2/c1-4-8(2,9)7(12)10(3)5-6-11/h11H,4-6,9H2,1-3H3. The topological polar surface area (TPSA) is 66.6 Å². The Bertz CT molecular complexity index is 157. The van der Waals surface area contributed by atoms with Crippen molar-refractivity contribution in [1.82, 2.24) is 4.90 Å². The number of hydrogen-bond donors (Lipinski definition) is 2. The zero-order chi connectivity index (χ0) is 9.78. The van der Waals surface area contributed by atoms with Crippen LogP contribution < -0.4 is 5.73 Å². The predicted molar refractivity (Wildman–Crippen MR) is 47.6 cm³/mol. The van der Waals surface area contributed by atoms with E-state index in [4.69, 9.17) is 10.8 Å². The van der Waals surface area contributed by atoms with E-state index in [0.717, 1.165) is 0 Å². The van der Waals surface area contributed by atoms with Gasteiger partial charge in [0.05, 0.1) is 12.1 Å². The van der Waals surface area contributed by atoms with Crippen LogP contribution in [0.3, 0.4) is 0 Å². The maximum absolute atomic E-state index is 11.5. The summed E-state index contributed by atoms with van der Waals surface area (Å²) >= 11 is 0. The summed E-state index contributed by atoms with van der Waals surface area (Å²) < 4.78 is 0. The molecule has 0 aromatic rings. The minimum atomic E-state index is -0.802. The summed E-state index contributed by atoms with van der Waals surface area (Å²) in [6, 6.07) is 0. The summed E-state index contributed by atoms with van der Waals surface area (Å²) in [5, 5.41) is 8.59. The van der Waals surface area contributed by atoms with Crippen molar-refractivity contribution in [2.75, 3.05) is 20.2 Å². The highest BCUT2D eigenvalue weighted by Gasteiger charge is 2.28. The first-order valence-electron chi connectivity index (χ1n) is 4.11. The first-order valence-corrected chi connectivity index (χ1v) is 4.11. The Kier molecular flexibility index (Phi) is 4.20. The minimum Gasteiger partial charge on any atom is -0.395 e. The molecular weight excluding hydrogens is 156 g/mol. The van der Waals surface area contributed by atoms with E-state index in [1.165, 1.54) is 4.90 Å². The summed E-state index contributed by atoms with van der Waals surface area (Å²) in [6.45, 7) is 3.88. The summed E-state index contributed by atoms with van der Waals surface area (Å²) in [6.07, 6.45) is 0.599. The van der Waals surface area contributed by atoms with Gasteiger partial charge in [-0.15, -0.1) is 0 Å². The lowest BCUT2D eigenvalue weighted by Gasteiger charge is -2.27. The lowest BCUT2D eigenvalue weighted by molar-refractivity contribution is -0.135. The van der Waals surface area contributed by atoms with E-state index in [-0.39, 0.29) is 12.5 Å². The number of aliphatic hydroxyl groups is 1. The SMILES string of the molecule is CCC(C)(N)C(=O)N(C)CCO. The molecule has 0 spiro atoms. The van der Waals surface area contributed by atoms with Gasteiger partial charge in [-0.05, 0) is 13.3 Å². The fourth-order valence-electron chi connectivity index (χ4n) is 0.839. The number of nitrogens with two attached hydrogens (primary N) is 1. The molecule has 0 fully saturated rings. The molecule has 0 aliphatic carbocycles. The van der Waals surface area contributed by atoms with Crippen LogP contribution in [-0.4, -0.2) is 41.7 Å². The zero-order valence-corrected chi connectivity index (χ0v) is 8.00. The lowest BCUT2D eigenvalue weighted by Crippen LogP contribution is -2.52. The van der Waals surface area contributed by atoms with E-state index in [1.807, 2.05) is 6.92 Å². The van der Waals surface area contributed by atoms with Gasteiger partial charge in [0.2, 0.25) is 5.91 Å². The van der Waals surface area contributed by atoms with Crippen molar-refractivity contribution in [3.8, 4) is 0 Å². The van der Waals surface area contributed by atoms with E-state index < -0.39 is 5.54 Å². The van der Waals surface area contributed by atoms with Crippen LogP contribution in [0, 0.1) is 0 Å². The molecule has 12 heavy (non-hydrogen) atoms. The van der Waals surface area contributed by atoms with Crippen LogP contribution >= 0.6 is 0 Å². The maximum Gasteiger partial charge on any atom is 0.242 e. The summed E-state index contributed by atoms with van der Waals surface area (Å²) in [5.74, 6) is -0.126. The highest BCUT2D eigenvalue weighted by atomic mass is 16.3. The van der Waals surface area contributed by atoms with Crippen LogP contribution in [0.2, 0.25) is 0 Å². The summed E-state index contributed by atoms with van der Waals surface area (Å²) in [4.78, 5) is 12.9. The van der Waals surface area contributed by atoms with Crippen molar-refractivity contribution in [3.63, 3.8) is 0 Å². The molecule has 3 N–H and O–H groups in total. The van der Waals surface area contributed by atoms with Crippen molar-refractivity contribution in [1.29, 1.82) is 0 Å². The molecule has 1 unspecified atom stereocenters.